The third-order valence-corrected chi connectivity index (χ3v) is 6.40. The van der Waals surface area contributed by atoms with E-state index in [-0.39, 0.29) is 29.3 Å². The van der Waals surface area contributed by atoms with Gasteiger partial charge in [0.05, 0.1) is 11.0 Å². The number of benzene rings is 3. The minimum atomic E-state index is -0.397. The van der Waals surface area contributed by atoms with Gasteiger partial charge in [-0.1, -0.05) is 66.2 Å². The Morgan fingerprint density at radius 3 is 2.52 bits per heavy atom. The Balaban J connectivity index is 1.61. The Hall–Kier alpha value is -3.44. The molecule has 0 amide bonds. The number of hydrogen-bond acceptors (Lipinski definition) is 4. The molecule has 3 atom stereocenters. The summed E-state index contributed by atoms with van der Waals surface area (Å²) in [5.74, 6) is 0.277. The summed E-state index contributed by atoms with van der Waals surface area (Å²) in [6.45, 7) is 0. The number of halogens is 1. The lowest BCUT2D eigenvalue weighted by Gasteiger charge is -2.38. The van der Waals surface area contributed by atoms with Crippen LogP contribution >= 0.6 is 11.6 Å². The highest BCUT2D eigenvalue weighted by Gasteiger charge is 2.39. The van der Waals surface area contributed by atoms with Crippen LogP contribution in [0.3, 0.4) is 0 Å². The molecule has 2 aliphatic rings. The molecule has 1 heterocycles. The van der Waals surface area contributed by atoms with Gasteiger partial charge in [0.25, 0.3) is 5.69 Å². The normalized spacial score (nSPS) is 21.1. The quantitative estimate of drug-likeness (QED) is 0.228. The smallest absolute Gasteiger partial charge is 0.269 e. The number of allylic oxidation sites excluding steroid dienone is 2. The number of rotatable bonds is 4. The molecule has 0 radical (unpaired) electrons. The third-order valence-electron chi connectivity index (χ3n) is 6.18. The molecule has 1 aliphatic heterocycles. The second kappa shape index (κ2) is 7.67. The number of non-ortho nitro benzene ring substituents is 1. The fraction of sp³-hybridized carbons (Fsp3) is 0.160. The number of ketones is 1. The van der Waals surface area contributed by atoms with Crippen molar-refractivity contribution in [3.05, 3.63) is 116 Å². The van der Waals surface area contributed by atoms with Crippen LogP contribution in [0, 0.1) is 16.0 Å². The van der Waals surface area contributed by atoms with Gasteiger partial charge >= 0.3 is 0 Å². The van der Waals surface area contributed by atoms with Crippen LogP contribution in [-0.4, -0.2) is 10.7 Å². The van der Waals surface area contributed by atoms with Gasteiger partial charge in [0.15, 0.2) is 5.78 Å². The first-order valence-corrected chi connectivity index (χ1v) is 10.5. The molecular weight excluding hydrogens is 412 g/mol. The van der Waals surface area contributed by atoms with Crippen molar-refractivity contribution in [1.82, 2.24) is 0 Å². The first kappa shape index (κ1) is 19.5. The van der Waals surface area contributed by atoms with Gasteiger partial charge in [-0.3, -0.25) is 14.9 Å². The number of anilines is 1. The first-order chi connectivity index (χ1) is 15.0. The zero-order chi connectivity index (χ0) is 21.5. The number of carbonyl (C=O) groups is 1. The molecule has 3 aromatic carbocycles. The van der Waals surface area contributed by atoms with E-state index in [9.17, 15) is 14.9 Å². The molecule has 6 heteroatoms. The van der Waals surface area contributed by atoms with Crippen molar-refractivity contribution in [3.63, 3.8) is 0 Å². The van der Waals surface area contributed by atoms with Crippen LogP contribution in [0.1, 0.15) is 45.4 Å². The van der Waals surface area contributed by atoms with Crippen LogP contribution in [-0.2, 0) is 0 Å². The summed E-state index contributed by atoms with van der Waals surface area (Å²) < 4.78 is 0. The predicted octanol–water partition coefficient (Wildman–Crippen LogP) is 6.31. The van der Waals surface area contributed by atoms with E-state index in [0.29, 0.717) is 16.1 Å². The summed E-state index contributed by atoms with van der Waals surface area (Å²) in [6, 6.07) is 19.4. The van der Waals surface area contributed by atoms with Crippen LogP contribution in [0.5, 0.6) is 0 Å². The highest BCUT2D eigenvalue weighted by atomic mass is 35.5. The molecule has 1 aliphatic carbocycles. The van der Waals surface area contributed by atoms with E-state index in [4.69, 9.17) is 11.6 Å². The molecule has 0 bridgehead atoms. The average Bonchev–Trinajstić information content (AvgIpc) is 3.29. The minimum absolute atomic E-state index is 0.0628. The van der Waals surface area contributed by atoms with Gasteiger partial charge in [-0.2, -0.15) is 0 Å². The second-order valence-corrected chi connectivity index (χ2v) is 8.37. The van der Waals surface area contributed by atoms with E-state index in [1.54, 1.807) is 30.3 Å². The van der Waals surface area contributed by atoms with Gasteiger partial charge in [0.1, 0.15) is 0 Å². The maximum atomic E-state index is 13.3. The molecule has 5 rings (SSSR count). The SMILES string of the molecule is O=C(c1ccccc1)c1cc(Cl)cc2c1N[C@@H](c1ccc([N+](=O)[O-])cc1)[C@H]1CC=C[C@H]21. The number of fused-ring (bicyclic) bond motifs is 3. The highest BCUT2D eigenvalue weighted by Crippen LogP contribution is 2.51. The largest absolute Gasteiger partial charge is 0.377 e. The van der Waals surface area contributed by atoms with Gasteiger partial charge in [-0.25, -0.2) is 0 Å². The fourth-order valence-electron chi connectivity index (χ4n) is 4.72. The summed E-state index contributed by atoms with van der Waals surface area (Å²) >= 11 is 6.44. The van der Waals surface area contributed by atoms with Crippen molar-refractivity contribution in [1.29, 1.82) is 0 Å². The first-order valence-electron chi connectivity index (χ1n) is 10.1. The number of nitro groups is 1. The minimum Gasteiger partial charge on any atom is -0.377 e. The molecule has 0 spiro atoms. The Morgan fingerprint density at radius 1 is 1.06 bits per heavy atom. The maximum Gasteiger partial charge on any atom is 0.269 e. The topological polar surface area (TPSA) is 72.2 Å². The van der Waals surface area contributed by atoms with Gasteiger partial charge in [0, 0.05) is 39.9 Å². The Kier molecular flexibility index (Phi) is 4.83. The van der Waals surface area contributed by atoms with Crippen LogP contribution in [0.2, 0.25) is 5.02 Å². The zero-order valence-corrected chi connectivity index (χ0v) is 17.3. The molecule has 0 unspecified atom stereocenters. The van der Waals surface area contributed by atoms with Gasteiger partial charge in [0.2, 0.25) is 0 Å². The van der Waals surface area contributed by atoms with Crippen molar-refractivity contribution in [2.75, 3.05) is 5.32 Å². The third kappa shape index (κ3) is 3.41. The second-order valence-electron chi connectivity index (χ2n) is 7.94. The molecular formula is C25H19ClN2O3. The predicted molar refractivity (Wildman–Crippen MR) is 121 cm³/mol. The summed E-state index contributed by atoms with van der Waals surface area (Å²) in [5.41, 5.74) is 3.97. The molecule has 3 aromatic rings. The maximum absolute atomic E-state index is 13.3. The number of nitrogens with one attached hydrogen (secondary N) is 1. The zero-order valence-electron chi connectivity index (χ0n) is 16.5. The van der Waals surface area contributed by atoms with Crippen molar-refractivity contribution in [2.24, 2.45) is 5.92 Å². The van der Waals surface area contributed by atoms with Crippen LogP contribution in [0.4, 0.5) is 11.4 Å². The van der Waals surface area contributed by atoms with Gasteiger partial charge in [-0.15, -0.1) is 0 Å². The lowest BCUT2D eigenvalue weighted by Crippen LogP contribution is -2.30. The Labute approximate surface area is 184 Å². The Morgan fingerprint density at radius 2 is 1.81 bits per heavy atom. The van der Waals surface area contributed by atoms with Crippen LogP contribution < -0.4 is 5.32 Å². The van der Waals surface area contributed by atoms with Crippen molar-refractivity contribution >= 4 is 28.8 Å². The van der Waals surface area contributed by atoms with E-state index in [0.717, 1.165) is 23.2 Å². The van der Waals surface area contributed by atoms with Crippen LogP contribution in [0.25, 0.3) is 0 Å². The van der Waals surface area contributed by atoms with Gasteiger partial charge in [-0.05, 0) is 35.6 Å². The standard InChI is InChI=1S/C25H19ClN2O3/c26-17-13-21-19-7-4-8-20(19)23(15-9-11-18(12-10-15)28(30)31)27-24(21)22(14-17)25(29)16-5-2-1-3-6-16/h1-7,9-14,19-20,23,27H,8H2/t19-,20-,23-/m0/s1. The number of nitro benzene ring substituents is 1. The summed E-state index contributed by atoms with van der Waals surface area (Å²) in [6.07, 6.45) is 5.22. The lowest BCUT2D eigenvalue weighted by atomic mass is 9.76. The average molecular weight is 431 g/mol. The fourth-order valence-corrected chi connectivity index (χ4v) is 4.95. The molecule has 31 heavy (non-hydrogen) atoms. The van der Waals surface area contributed by atoms with E-state index in [2.05, 4.69) is 17.5 Å². The molecule has 0 aromatic heterocycles. The molecule has 5 nitrogen and oxygen atoms in total. The summed E-state index contributed by atoms with van der Waals surface area (Å²) in [4.78, 5) is 24.0. The summed E-state index contributed by atoms with van der Waals surface area (Å²) in [7, 11) is 0. The number of nitrogens with zero attached hydrogens (tertiary/aromatic N) is 1. The highest BCUT2D eigenvalue weighted by molar-refractivity contribution is 6.31. The monoisotopic (exact) mass is 430 g/mol. The number of carbonyl (C=O) groups excluding carboxylic acids is 1. The van der Waals surface area contributed by atoms with E-state index in [1.165, 1.54) is 12.1 Å². The molecule has 0 saturated carbocycles. The number of hydrogen-bond donors (Lipinski definition) is 1. The van der Waals surface area contributed by atoms with E-state index in [1.807, 2.05) is 24.3 Å². The van der Waals surface area contributed by atoms with Crippen molar-refractivity contribution in [2.45, 2.75) is 18.4 Å². The van der Waals surface area contributed by atoms with E-state index < -0.39 is 4.92 Å². The Bertz CT molecular complexity index is 1210. The molecule has 154 valence electrons. The van der Waals surface area contributed by atoms with E-state index >= 15 is 0 Å². The van der Waals surface area contributed by atoms with Crippen molar-refractivity contribution in [3.8, 4) is 0 Å². The molecule has 0 saturated heterocycles. The van der Waals surface area contributed by atoms with Gasteiger partial charge < -0.3 is 5.32 Å². The lowest BCUT2D eigenvalue weighted by molar-refractivity contribution is -0.384. The molecule has 1 N–H and O–H groups in total. The summed E-state index contributed by atoms with van der Waals surface area (Å²) in [5, 5.41) is 15.2. The van der Waals surface area contributed by atoms with Crippen LogP contribution in [0.15, 0.2) is 78.9 Å². The molecule has 0 fully saturated rings. The van der Waals surface area contributed by atoms with Crippen molar-refractivity contribution < 1.29 is 9.72 Å².